The number of hydrogen-bond donors (Lipinski definition) is 2. The van der Waals surface area contributed by atoms with Crippen molar-refractivity contribution in [2.45, 2.75) is 33.9 Å². The van der Waals surface area contributed by atoms with E-state index in [1.54, 1.807) is 6.33 Å². The number of rotatable bonds is 7. The molecule has 0 saturated carbocycles. The van der Waals surface area contributed by atoms with Crippen LogP contribution in [-0.2, 0) is 13.1 Å². The summed E-state index contributed by atoms with van der Waals surface area (Å²) in [7, 11) is 0. The highest BCUT2D eigenvalue weighted by atomic mass is 15.3. The van der Waals surface area contributed by atoms with E-state index in [9.17, 15) is 0 Å². The summed E-state index contributed by atoms with van der Waals surface area (Å²) < 4.78 is 3.94. The van der Waals surface area contributed by atoms with Crippen molar-refractivity contribution in [2.24, 2.45) is 4.99 Å². The Balaban J connectivity index is 1.51. The van der Waals surface area contributed by atoms with Crippen LogP contribution in [0.3, 0.4) is 0 Å². The lowest BCUT2D eigenvalue weighted by molar-refractivity contribution is 0.754. The largest absolute Gasteiger partial charge is 0.357 e. The fraction of sp³-hybridized carbons (Fsp3) is 0.250. The molecule has 0 aliphatic rings. The van der Waals surface area contributed by atoms with Crippen molar-refractivity contribution in [1.82, 2.24) is 35.2 Å². The van der Waals surface area contributed by atoms with Gasteiger partial charge in [-0.05, 0) is 50.6 Å². The highest BCUT2D eigenvalue weighted by Crippen LogP contribution is 2.18. The van der Waals surface area contributed by atoms with Crippen molar-refractivity contribution in [3.63, 3.8) is 0 Å². The normalized spacial score (nSPS) is 11.5. The van der Waals surface area contributed by atoms with Crippen LogP contribution < -0.4 is 10.6 Å². The minimum atomic E-state index is 0.500. The number of aliphatic imine (C=N–C) groups is 1. The predicted molar refractivity (Wildman–Crippen MR) is 126 cm³/mol. The number of aryl methyl sites for hydroxylation is 2. The third-order valence-electron chi connectivity index (χ3n) is 5.05. The van der Waals surface area contributed by atoms with Gasteiger partial charge < -0.3 is 10.6 Å². The number of nitrogens with one attached hydrogen (secondary N) is 2. The van der Waals surface area contributed by atoms with Gasteiger partial charge in [-0.25, -0.2) is 9.67 Å². The van der Waals surface area contributed by atoms with Crippen LogP contribution in [0.1, 0.15) is 29.7 Å². The van der Waals surface area contributed by atoms with Crippen molar-refractivity contribution in [1.29, 1.82) is 0 Å². The molecule has 8 heteroatoms. The summed E-state index contributed by atoms with van der Waals surface area (Å²) in [6.45, 7) is 7.90. The Hall–Kier alpha value is -3.94. The van der Waals surface area contributed by atoms with E-state index in [0.29, 0.717) is 13.1 Å². The highest BCUT2D eigenvalue weighted by Gasteiger charge is 2.10. The first-order chi connectivity index (χ1) is 15.7. The minimum absolute atomic E-state index is 0.500. The smallest absolute Gasteiger partial charge is 0.191 e. The lowest BCUT2D eigenvalue weighted by Gasteiger charge is -2.13. The van der Waals surface area contributed by atoms with Gasteiger partial charge >= 0.3 is 0 Å². The highest BCUT2D eigenvalue weighted by molar-refractivity contribution is 5.79. The van der Waals surface area contributed by atoms with Gasteiger partial charge in [0, 0.05) is 17.9 Å². The first-order valence-corrected chi connectivity index (χ1v) is 10.7. The molecule has 4 rings (SSSR count). The molecule has 0 spiro atoms. The summed E-state index contributed by atoms with van der Waals surface area (Å²) in [5.74, 6) is 1.53. The van der Waals surface area contributed by atoms with Crippen LogP contribution in [0.25, 0.3) is 11.4 Å². The molecule has 32 heavy (non-hydrogen) atoms. The number of hydrogen-bond acceptors (Lipinski definition) is 4. The van der Waals surface area contributed by atoms with Crippen molar-refractivity contribution in [2.75, 3.05) is 6.54 Å². The fourth-order valence-electron chi connectivity index (χ4n) is 3.58. The molecule has 0 unspecified atom stereocenters. The van der Waals surface area contributed by atoms with Gasteiger partial charge in [0.15, 0.2) is 11.8 Å². The molecule has 2 aromatic carbocycles. The van der Waals surface area contributed by atoms with Gasteiger partial charge in [0.05, 0.1) is 24.5 Å². The van der Waals surface area contributed by atoms with Crippen LogP contribution in [0.4, 0.5) is 0 Å². The minimum Gasteiger partial charge on any atom is -0.357 e. The monoisotopic (exact) mass is 428 g/mol. The van der Waals surface area contributed by atoms with Crippen LogP contribution in [0.2, 0.25) is 0 Å². The van der Waals surface area contributed by atoms with E-state index in [4.69, 9.17) is 4.99 Å². The Bertz CT molecular complexity index is 1190. The zero-order chi connectivity index (χ0) is 22.3. The second-order valence-corrected chi connectivity index (χ2v) is 7.47. The Labute approximate surface area is 188 Å². The third kappa shape index (κ3) is 4.85. The molecule has 0 fully saturated rings. The molecule has 0 radical (unpaired) electrons. The predicted octanol–water partition coefficient (Wildman–Crippen LogP) is 3.33. The van der Waals surface area contributed by atoms with E-state index in [1.807, 2.05) is 65.6 Å². The second kappa shape index (κ2) is 9.91. The Kier molecular flexibility index (Phi) is 6.60. The second-order valence-electron chi connectivity index (χ2n) is 7.47. The molecule has 0 bridgehead atoms. The first kappa shape index (κ1) is 21.3. The van der Waals surface area contributed by atoms with Crippen LogP contribution in [0, 0.1) is 13.8 Å². The van der Waals surface area contributed by atoms with E-state index >= 15 is 0 Å². The molecular formula is C24H28N8. The number of aromatic nitrogens is 5. The summed E-state index contributed by atoms with van der Waals surface area (Å²) in [4.78, 5) is 4.80. The topological polar surface area (TPSA) is 84.9 Å². The average molecular weight is 429 g/mol. The van der Waals surface area contributed by atoms with E-state index in [2.05, 4.69) is 51.1 Å². The molecule has 164 valence electrons. The zero-order valence-corrected chi connectivity index (χ0v) is 18.7. The van der Waals surface area contributed by atoms with E-state index in [1.165, 1.54) is 0 Å². The lowest BCUT2D eigenvalue weighted by Crippen LogP contribution is -2.37. The lowest BCUT2D eigenvalue weighted by atomic mass is 10.2. The molecule has 0 aliphatic carbocycles. The molecule has 2 aromatic heterocycles. The van der Waals surface area contributed by atoms with Crippen molar-refractivity contribution in [3.8, 4) is 11.4 Å². The molecule has 2 N–H and O–H groups in total. The van der Waals surface area contributed by atoms with Crippen LogP contribution in [0.15, 0.2) is 72.0 Å². The van der Waals surface area contributed by atoms with Crippen molar-refractivity contribution in [3.05, 3.63) is 89.8 Å². The summed E-state index contributed by atoms with van der Waals surface area (Å²) in [5.41, 5.74) is 5.27. The molecule has 0 aliphatic heterocycles. The van der Waals surface area contributed by atoms with Gasteiger partial charge in [-0.3, -0.25) is 4.57 Å². The number of para-hydroxylation sites is 2. The van der Waals surface area contributed by atoms with Gasteiger partial charge in [0.25, 0.3) is 0 Å². The summed E-state index contributed by atoms with van der Waals surface area (Å²) >= 11 is 0. The molecule has 0 amide bonds. The van der Waals surface area contributed by atoms with Crippen LogP contribution >= 0.6 is 0 Å². The maximum absolute atomic E-state index is 4.80. The molecular weight excluding hydrogens is 400 g/mol. The quantitative estimate of drug-likeness (QED) is 0.348. The summed E-state index contributed by atoms with van der Waals surface area (Å²) in [6.07, 6.45) is 1.72. The molecule has 0 saturated heterocycles. The number of nitrogens with zero attached hydrogens (tertiary/aromatic N) is 6. The fourth-order valence-corrected chi connectivity index (χ4v) is 3.58. The van der Waals surface area contributed by atoms with E-state index in [0.717, 1.165) is 46.7 Å². The summed E-state index contributed by atoms with van der Waals surface area (Å²) in [6, 6.07) is 20.3. The number of benzene rings is 2. The van der Waals surface area contributed by atoms with Gasteiger partial charge in [-0.15, -0.1) is 10.2 Å². The van der Waals surface area contributed by atoms with Gasteiger partial charge in [0.1, 0.15) is 6.33 Å². The van der Waals surface area contributed by atoms with E-state index in [-0.39, 0.29) is 0 Å². The zero-order valence-electron chi connectivity index (χ0n) is 18.7. The van der Waals surface area contributed by atoms with Gasteiger partial charge in [-0.2, -0.15) is 5.10 Å². The maximum atomic E-state index is 4.80. The van der Waals surface area contributed by atoms with E-state index < -0.39 is 0 Å². The molecule has 2 heterocycles. The Morgan fingerprint density at radius 2 is 1.78 bits per heavy atom. The van der Waals surface area contributed by atoms with Gasteiger partial charge in [-0.1, -0.05) is 36.4 Å². The van der Waals surface area contributed by atoms with Crippen molar-refractivity contribution >= 4 is 5.96 Å². The Morgan fingerprint density at radius 3 is 2.53 bits per heavy atom. The first-order valence-electron chi connectivity index (χ1n) is 10.7. The third-order valence-corrected chi connectivity index (χ3v) is 5.05. The standard InChI is InChI=1S/C24H28N8/c1-4-25-24(27-16-23-29-28-17-31(23)21-11-6-5-7-12-21)26-15-20-10-8-9-13-22(20)32-19(3)14-18(2)30-32/h5-14,17H,4,15-16H2,1-3H3,(H2,25,26,27). The van der Waals surface area contributed by atoms with Crippen molar-refractivity contribution < 1.29 is 0 Å². The van der Waals surface area contributed by atoms with Crippen LogP contribution in [0.5, 0.6) is 0 Å². The average Bonchev–Trinajstić information content (AvgIpc) is 3.42. The molecule has 0 atom stereocenters. The molecule has 4 aromatic rings. The summed E-state index contributed by atoms with van der Waals surface area (Å²) in [5, 5.41) is 19.7. The SMILES string of the molecule is CCNC(=NCc1ccccc1-n1nc(C)cc1C)NCc1nncn1-c1ccccc1. The maximum Gasteiger partial charge on any atom is 0.191 e. The number of guanidine groups is 1. The van der Waals surface area contributed by atoms with Crippen LogP contribution in [-0.4, -0.2) is 37.0 Å². The molecule has 8 nitrogen and oxygen atoms in total. The Morgan fingerprint density at radius 1 is 1.00 bits per heavy atom. The van der Waals surface area contributed by atoms with Gasteiger partial charge in [0.2, 0.25) is 0 Å².